The van der Waals surface area contributed by atoms with Crippen molar-refractivity contribution in [3.05, 3.63) is 66.0 Å². The van der Waals surface area contributed by atoms with Crippen molar-refractivity contribution in [3.63, 3.8) is 0 Å². The van der Waals surface area contributed by atoms with Crippen molar-refractivity contribution in [2.75, 3.05) is 0 Å². The van der Waals surface area contributed by atoms with Crippen LogP contribution in [0, 0.1) is 11.8 Å². The monoisotopic (exact) mass is 249 g/mol. The number of benzene rings is 1. The van der Waals surface area contributed by atoms with Gasteiger partial charge < -0.3 is 0 Å². The first kappa shape index (κ1) is 12.5. The van der Waals surface area contributed by atoms with E-state index in [0.29, 0.717) is 5.56 Å². The summed E-state index contributed by atoms with van der Waals surface area (Å²) < 4.78 is 0. The van der Waals surface area contributed by atoms with Crippen LogP contribution in [0.5, 0.6) is 0 Å². The second-order valence-electron chi connectivity index (χ2n) is 3.57. The number of carbonyl (C=O) groups excluding carboxylic acids is 1. The zero-order valence-corrected chi connectivity index (χ0v) is 10.1. The van der Waals surface area contributed by atoms with Crippen molar-refractivity contribution >= 4 is 12.1 Å². The fourth-order valence-corrected chi connectivity index (χ4v) is 1.33. The Labute approximate surface area is 111 Å². The summed E-state index contributed by atoms with van der Waals surface area (Å²) in [6.45, 7) is 0. The van der Waals surface area contributed by atoms with Gasteiger partial charge in [0.2, 0.25) is 0 Å². The van der Waals surface area contributed by atoms with E-state index < -0.39 is 0 Å². The van der Waals surface area contributed by atoms with E-state index in [1.807, 2.05) is 30.3 Å². The van der Waals surface area contributed by atoms with Gasteiger partial charge in [0.05, 0.1) is 6.21 Å². The molecule has 0 saturated carbocycles. The molecule has 1 amide bonds. The van der Waals surface area contributed by atoms with Crippen LogP contribution in [-0.4, -0.2) is 17.1 Å². The molecule has 0 aliphatic rings. The Hall–Kier alpha value is -2.93. The van der Waals surface area contributed by atoms with Gasteiger partial charge >= 0.3 is 0 Å². The summed E-state index contributed by atoms with van der Waals surface area (Å²) in [7, 11) is 0. The van der Waals surface area contributed by atoms with Crippen LogP contribution in [0.1, 0.15) is 15.9 Å². The van der Waals surface area contributed by atoms with Crippen molar-refractivity contribution in [1.29, 1.82) is 0 Å². The highest BCUT2D eigenvalue weighted by molar-refractivity contribution is 5.94. The van der Waals surface area contributed by atoms with Gasteiger partial charge in [0.1, 0.15) is 0 Å². The number of amides is 1. The van der Waals surface area contributed by atoms with E-state index in [4.69, 9.17) is 0 Å². The van der Waals surface area contributed by atoms with Crippen molar-refractivity contribution in [2.24, 2.45) is 5.10 Å². The second kappa shape index (κ2) is 6.72. The second-order valence-corrected chi connectivity index (χ2v) is 3.57. The minimum atomic E-state index is -0.292. The van der Waals surface area contributed by atoms with Gasteiger partial charge in [0, 0.05) is 23.5 Å². The van der Waals surface area contributed by atoms with Gasteiger partial charge in [0.25, 0.3) is 5.91 Å². The quantitative estimate of drug-likeness (QED) is 0.501. The third-order valence-corrected chi connectivity index (χ3v) is 2.23. The van der Waals surface area contributed by atoms with E-state index in [1.54, 1.807) is 24.5 Å². The molecule has 0 aliphatic heterocycles. The number of aromatic nitrogens is 1. The fourth-order valence-electron chi connectivity index (χ4n) is 1.33. The smallest absolute Gasteiger partial charge is 0.267 e. The molecule has 0 atom stereocenters. The molecule has 2 rings (SSSR count). The maximum atomic E-state index is 11.6. The maximum Gasteiger partial charge on any atom is 0.271 e. The van der Waals surface area contributed by atoms with Gasteiger partial charge in [-0.2, -0.15) is 5.10 Å². The van der Waals surface area contributed by atoms with Crippen LogP contribution < -0.4 is 5.43 Å². The number of pyridine rings is 1. The Kier molecular flexibility index (Phi) is 4.43. The molecular weight excluding hydrogens is 238 g/mol. The molecule has 1 N–H and O–H groups in total. The van der Waals surface area contributed by atoms with Gasteiger partial charge in [-0.1, -0.05) is 24.1 Å². The SMILES string of the molecule is O=C(N/N=C/C#Cc1ccccc1)c1ccncc1. The summed E-state index contributed by atoms with van der Waals surface area (Å²) in [6.07, 6.45) is 4.45. The highest BCUT2D eigenvalue weighted by Crippen LogP contribution is 1.95. The van der Waals surface area contributed by atoms with E-state index in [-0.39, 0.29) is 5.91 Å². The summed E-state index contributed by atoms with van der Waals surface area (Å²) in [5.74, 6) is 5.35. The molecule has 0 saturated heterocycles. The van der Waals surface area contributed by atoms with Crippen molar-refractivity contribution in [3.8, 4) is 11.8 Å². The zero-order chi connectivity index (χ0) is 13.3. The minimum absolute atomic E-state index is 0.292. The molecular formula is C15H11N3O. The summed E-state index contributed by atoms with van der Waals surface area (Å²) in [5.41, 5.74) is 3.79. The Morgan fingerprint density at radius 3 is 2.63 bits per heavy atom. The van der Waals surface area contributed by atoms with Gasteiger partial charge in [-0.3, -0.25) is 9.78 Å². The first-order valence-corrected chi connectivity index (χ1v) is 5.65. The van der Waals surface area contributed by atoms with E-state index in [2.05, 4.69) is 27.4 Å². The molecule has 4 nitrogen and oxygen atoms in total. The first-order valence-electron chi connectivity index (χ1n) is 5.65. The molecule has 4 heteroatoms. The van der Waals surface area contributed by atoms with Crippen molar-refractivity contribution < 1.29 is 4.79 Å². The predicted molar refractivity (Wildman–Crippen MR) is 73.5 cm³/mol. The Morgan fingerprint density at radius 2 is 1.89 bits per heavy atom. The average Bonchev–Trinajstić information content (AvgIpc) is 2.49. The number of nitrogens with zero attached hydrogens (tertiary/aromatic N) is 2. The van der Waals surface area contributed by atoms with Crippen LogP contribution in [-0.2, 0) is 0 Å². The molecule has 0 bridgehead atoms. The molecule has 0 fully saturated rings. The third-order valence-electron chi connectivity index (χ3n) is 2.23. The number of hydrazone groups is 1. The maximum absolute atomic E-state index is 11.6. The van der Waals surface area contributed by atoms with Gasteiger partial charge in [-0.25, -0.2) is 5.43 Å². The molecule has 0 spiro atoms. The van der Waals surface area contributed by atoms with Crippen LogP contribution >= 0.6 is 0 Å². The van der Waals surface area contributed by atoms with E-state index in [1.165, 1.54) is 6.21 Å². The Balaban J connectivity index is 1.88. The lowest BCUT2D eigenvalue weighted by Crippen LogP contribution is -2.17. The number of hydrogen-bond acceptors (Lipinski definition) is 3. The van der Waals surface area contributed by atoms with Crippen LogP contribution in [0.2, 0.25) is 0 Å². The molecule has 0 aliphatic carbocycles. The van der Waals surface area contributed by atoms with Crippen LogP contribution in [0.3, 0.4) is 0 Å². The molecule has 92 valence electrons. The minimum Gasteiger partial charge on any atom is -0.267 e. The highest BCUT2D eigenvalue weighted by Gasteiger charge is 2.01. The average molecular weight is 249 g/mol. The molecule has 1 aromatic heterocycles. The zero-order valence-electron chi connectivity index (χ0n) is 10.1. The van der Waals surface area contributed by atoms with Gasteiger partial charge in [0.15, 0.2) is 0 Å². The van der Waals surface area contributed by atoms with Crippen LogP contribution in [0.15, 0.2) is 60.0 Å². The predicted octanol–water partition coefficient (Wildman–Crippen LogP) is 1.85. The van der Waals surface area contributed by atoms with Crippen LogP contribution in [0.4, 0.5) is 0 Å². The van der Waals surface area contributed by atoms with Gasteiger partial charge in [-0.15, -0.1) is 0 Å². The number of carbonyl (C=O) groups is 1. The topological polar surface area (TPSA) is 54.4 Å². The first-order chi connectivity index (χ1) is 9.36. The van der Waals surface area contributed by atoms with E-state index in [0.717, 1.165) is 5.56 Å². The number of nitrogens with one attached hydrogen (secondary N) is 1. The summed E-state index contributed by atoms with van der Waals surface area (Å²) in [5, 5.41) is 3.74. The van der Waals surface area contributed by atoms with Crippen LogP contribution in [0.25, 0.3) is 0 Å². The third kappa shape index (κ3) is 4.10. The molecule has 1 aromatic carbocycles. The fraction of sp³-hybridized carbons (Fsp3) is 0. The molecule has 0 radical (unpaired) electrons. The molecule has 1 heterocycles. The van der Waals surface area contributed by atoms with Crippen molar-refractivity contribution in [1.82, 2.24) is 10.4 Å². The Bertz CT molecular complexity index is 625. The number of rotatable bonds is 2. The van der Waals surface area contributed by atoms with Gasteiger partial charge in [-0.05, 0) is 30.2 Å². The lowest BCUT2D eigenvalue weighted by molar-refractivity contribution is 0.0955. The normalized spacial score (nSPS) is 9.68. The summed E-state index contributed by atoms with van der Waals surface area (Å²) in [6, 6.07) is 12.8. The standard InChI is InChI=1S/C15H11N3O/c19-15(14-8-11-16-12-9-14)18-17-10-4-7-13-5-2-1-3-6-13/h1-3,5-6,8-12H,(H,18,19)/b17-10+. The molecule has 2 aromatic rings. The summed E-state index contributed by atoms with van der Waals surface area (Å²) in [4.78, 5) is 15.4. The molecule has 0 unspecified atom stereocenters. The lowest BCUT2D eigenvalue weighted by Gasteiger charge is -1.96. The lowest BCUT2D eigenvalue weighted by atomic mass is 10.2. The van der Waals surface area contributed by atoms with E-state index in [9.17, 15) is 4.79 Å². The summed E-state index contributed by atoms with van der Waals surface area (Å²) >= 11 is 0. The number of hydrogen-bond donors (Lipinski definition) is 1. The highest BCUT2D eigenvalue weighted by atomic mass is 16.2. The Morgan fingerprint density at radius 1 is 1.16 bits per heavy atom. The molecule has 19 heavy (non-hydrogen) atoms. The largest absolute Gasteiger partial charge is 0.271 e. The van der Waals surface area contributed by atoms with Crippen molar-refractivity contribution in [2.45, 2.75) is 0 Å². The van der Waals surface area contributed by atoms with E-state index >= 15 is 0 Å².